The van der Waals surface area contributed by atoms with Crippen LogP contribution < -0.4 is 9.64 Å². The summed E-state index contributed by atoms with van der Waals surface area (Å²) in [5, 5.41) is 5.24. The van der Waals surface area contributed by atoms with Gasteiger partial charge in [-0.25, -0.2) is 4.98 Å². The number of benzene rings is 2. The van der Waals surface area contributed by atoms with Crippen molar-refractivity contribution in [1.82, 2.24) is 15.0 Å². The zero-order chi connectivity index (χ0) is 23.3. The van der Waals surface area contributed by atoms with E-state index < -0.39 is 0 Å². The highest BCUT2D eigenvalue weighted by Gasteiger charge is 2.25. The third kappa shape index (κ3) is 4.44. The van der Waals surface area contributed by atoms with E-state index in [1.165, 1.54) is 0 Å². The maximum absolute atomic E-state index is 13.3. The molecule has 2 aromatic carbocycles. The van der Waals surface area contributed by atoms with Gasteiger partial charge < -0.3 is 19.1 Å². The van der Waals surface area contributed by atoms with Crippen molar-refractivity contribution in [2.24, 2.45) is 0 Å². The predicted molar refractivity (Wildman–Crippen MR) is 130 cm³/mol. The molecule has 34 heavy (non-hydrogen) atoms. The summed E-state index contributed by atoms with van der Waals surface area (Å²) in [5.74, 6) is 7.64. The Balaban J connectivity index is 1.32. The summed E-state index contributed by atoms with van der Waals surface area (Å²) < 4.78 is 11.2. The molecule has 0 spiro atoms. The molecule has 0 radical (unpaired) electrons. The lowest BCUT2D eigenvalue weighted by Crippen LogP contribution is -2.49. The van der Waals surface area contributed by atoms with E-state index in [-0.39, 0.29) is 5.91 Å². The van der Waals surface area contributed by atoms with E-state index >= 15 is 0 Å². The fourth-order valence-electron chi connectivity index (χ4n) is 4.01. The summed E-state index contributed by atoms with van der Waals surface area (Å²) in [6, 6.07) is 18.8. The van der Waals surface area contributed by atoms with Crippen LogP contribution in [0.4, 0.5) is 5.82 Å². The molecular formula is C27H24N4O3. The number of fused-ring (bicyclic) bond motifs is 1. The largest absolute Gasteiger partial charge is 0.493 e. The molecule has 7 nitrogen and oxygen atoms in total. The van der Waals surface area contributed by atoms with Gasteiger partial charge in [-0.3, -0.25) is 4.79 Å². The number of ether oxygens (including phenoxy) is 1. The fourth-order valence-corrected chi connectivity index (χ4v) is 4.01. The first kappa shape index (κ1) is 21.5. The Bertz CT molecular complexity index is 1360. The summed E-state index contributed by atoms with van der Waals surface area (Å²) >= 11 is 0. The summed E-state index contributed by atoms with van der Waals surface area (Å²) in [4.78, 5) is 21.5. The third-order valence-corrected chi connectivity index (χ3v) is 5.74. The molecule has 2 aromatic heterocycles. The number of anilines is 1. The lowest BCUT2D eigenvalue weighted by molar-refractivity contribution is 0.0746. The molecule has 0 bridgehead atoms. The monoisotopic (exact) mass is 452 g/mol. The van der Waals surface area contributed by atoms with Gasteiger partial charge >= 0.3 is 0 Å². The minimum atomic E-state index is -0.0198. The van der Waals surface area contributed by atoms with Crippen LogP contribution in [-0.4, -0.2) is 53.7 Å². The Hall–Kier alpha value is -4.31. The van der Waals surface area contributed by atoms with Crippen molar-refractivity contribution in [3.05, 3.63) is 83.7 Å². The Morgan fingerprint density at radius 1 is 1.03 bits per heavy atom. The zero-order valence-corrected chi connectivity index (χ0v) is 18.9. The second kappa shape index (κ2) is 9.67. The molecule has 5 rings (SSSR count). The van der Waals surface area contributed by atoms with Crippen LogP contribution >= 0.6 is 0 Å². The van der Waals surface area contributed by atoms with E-state index in [4.69, 9.17) is 9.26 Å². The van der Waals surface area contributed by atoms with Crippen LogP contribution in [0.25, 0.3) is 11.0 Å². The molecule has 0 atom stereocenters. The number of piperazine rings is 1. The second-order valence-corrected chi connectivity index (χ2v) is 7.89. The molecule has 1 amide bonds. The van der Waals surface area contributed by atoms with E-state index in [1.807, 2.05) is 60.4 Å². The quantitative estimate of drug-likeness (QED) is 0.436. The normalized spacial score (nSPS) is 13.4. The number of rotatable bonds is 4. The first-order chi connectivity index (χ1) is 16.7. The molecular weight excluding hydrogens is 428 g/mol. The lowest BCUT2D eigenvalue weighted by Gasteiger charge is -2.34. The van der Waals surface area contributed by atoms with Crippen LogP contribution in [0.15, 0.2) is 71.4 Å². The third-order valence-electron chi connectivity index (χ3n) is 5.74. The van der Waals surface area contributed by atoms with E-state index in [0.29, 0.717) is 55.4 Å². The molecule has 170 valence electrons. The SMILES string of the molecule is CCOc1ccc(C(=O)N2CCN(c3noc4ccccc34)CC2)cc1C#Cc1ccccn1. The van der Waals surface area contributed by atoms with Gasteiger partial charge in [-0.15, -0.1) is 0 Å². The van der Waals surface area contributed by atoms with Crippen molar-refractivity contribution in [3.63, 3.8) is 0 Å². The predicted octanol–water partition coefficient (Wildman–Crippen LogP) is 3.98. The molecule has 0 aliphatic carbocycles. The molecule has 1 saturated heterocycles. The number of pyridine rings is 1. The first-order valence-electron chi connectivity index (χ1n) is 11.3. The standard InChI is InChI=1S/C27H24N4O3/c1-2-33-24-13-11-21(19-20(24)10-12-22-7-5-6-14-28-22)27(32)31-17-15-30(16-18-31)26-23-8-3-4-9-25(23)34-29-26/h3-9,11,13-14,19H,2,15-18H2,1H3. The average molecular weight is 453 g/mol. The molecule has 3 heterocycles. The Morgan fingerprint density at radius 3 is 2.65 bits per heavy atom. The maximum Gasteiger partial charge on any atom is 0.254 e. The topological polar surface area (TPSA) is 71.7 Å². The second-order valence-electron chi connectivity index (χ2n) is 7.89. The molecule has 7 heteroatoms. The van der Waals surface area contributed by atoms with Gasteiger partial charge in [0.2, 0.25) is 0 Å². The van der Waals surface area contributed by atoms with Gasteiger partial charge in [-0.05, 0) is 55.3 Å². The van der Waals surface area contributed by atoms with E-state index in [0.717, 1.165) is 16.8 Å². The van der Waals surface area contributed by atoms with Crippen LogP contribution in [0, 0.1) is 11.8 Å². The molecule has 0 unspecified atom stereocenters. The van der Waals surface area contributed by atoms with Crippen LogP contribution in [-0.2, 0) is 0 Å². The van der Waals surface area contributed by atoms with E-state index in [2.05, 4.69) is 26.9 Å². The van der Waals surface area contributed by atoms with Gasteiger partial charge in [0.1, 0.15) is 11.4 Å². The van der Waals surface area contributed by atoms with Crippen LogP contribution in [0.1, 0.15) is 28.5 Å². The highest BCUT2D eigenvalue weighted by atomic mass is 16.5. The molecule has 4 aromatic rings. The molecule has 1 fully saturated rings. The number of carbonyl (C=O) groups excluding carboxylic acids is 1. The number of amides is 1. The number of carbonyl (C=O) groups is 1. The van der Waals surface area contributed by atoms with Crippen molar-refractivity contribution in [2.75, 3.05) is 37.7 Å². The van der Waals surface area contributed by atoms with Gasteiger partial charge in [0.15, 0.2) is 11.4 Å². The van der Waals surface area contributed by atoms with Crippen LogP contribution in [0.2, 0.25) is 0 Å². The van der Waals surface area contributed by atoms with Crippen LogP contribution in [0.3, 0.4) is 0 Å². The Kier molecular flexibility index (Phi) is 6.13. The number of aromatic nitrogens is 2. The summed E-state index contributed by atoms with van der Waals surface area (Å²) in [6.45, 7) is 5.01. The first-order valence-corrected chi connectivity index (χ1v) is 11.3. The van der Waals surface area contributed by atoms with Gasteiger partial charge in [0, 0.05) is 37.9 Å². The zero-order valence-electron chi connectivity index (χ0n) is 18.9. The van der Waals surface area contributed by atoms with Crippen LogP contribution in [0.5, 0.6) is 5.75 Å². The number of para-hydroxylation sites is 1. The smallest absolute Gasteiger partial charge is 0.254 e. The summed E-state index contributed by atoms with van der Waals surface area (Å²) in [6.07, 6.45) is 1.70. The van der Waals surface area contributed by atoms with Crippen molar-refractivity contribution in [1.29, 1.82) is 0 Å². The van der Waals surface area contributed by atoms with Crippen molar-refractivity contribution in [3.8, 4) is 17.6 Å². The Labute approximate surface area is 197 Å². The highest BCUT2D eigenvalue weighted by Crippen LogP contribution is 2.27. The number of hydrogen-bond donors (Lipinski definition) is 0. The molecule has 1 aliphatic rings. The van der Waals surface area contributed by atoms with Gasteiger partial charge in [0.05, 0.1) is 17.6 Å². The molecule has 1 aliphatic heterocycles. The van der Waals surface area contributed by atoms with Crippen molar-refractivity contribution >= 4 is 22.7 Å². The number of nitrogens with zero attached hydrogens (tertiary/aromatic N) is 4. The van der Waals surface area contributed by atoms with E-state index in [9.17, 15) is 4.79 Å². The average Bonchev–Trinajstić information content (AvgIpc) is 3.33. The van der Waals surface area contributed by atoms with Crippen molar-refractivity contribution in [2.45, 2.75) is 6.92 Å². The van der Waals surface area contributed by atoms with E-state index in [1.54, 1.807) is 18.3 Å². The minimum absolute atomic E-state index is 0.0198. The Morgan fingerprint density at radius 2 is 1.85 bits per heavy atom. The minimum Gasteiger partial charge on any atom is -0.493 e. The molecule has 0 saturated carbocycles. The van der Waals surface area contributed by atoms with Gasteiger partial charge in [0.25, 0.3) is 5.91 Å². The van der Waals surface area contributed by atoms with Gasteiger partial charge in [-0.2, -0.15) is 0 Å². The fraction of sp³-hybridized carbons (Fsp3) is 0.222. The maximum atomic E-state index is 13.3. The van der Waals surface area contributed by atoms with Crippen molar-refractivity contribution < 1.29 is 14.1 Å². The van der Waals surface area contributed by atoms with Gasteiger partial charge in [-0.1, -0.05) is 29.3 Å². The highest BCUT2D eigenvalue weighted by molar-refractivity contribution is 5.95. The number of hydrogen-bond acceptors (Lipinski definition) is 6. The summed E-state index contributed by atoms with van der Waals surface area (Å²) in [5.41, 5.74) is 2.70. The summed E-state index contributed by atoms with van der Waals surface area (Å²) in [7, 11) is 0. The molecule has 0 N–H and O–H groups in total. The lowest BCUT2D eigenvalue weighted by atomic mass is 10.1.